The fourth-order valence-electron chi connectivity index (χ4n) is 4.91. The molecule has 0 saturated carbocycles. The van der Waals surface area contributed by atoms with E-state index < -0.39 is 17.2 Å². The van der Waals surface area contributed by atoms with Crippen molar-refractivity contribution in [1.29, 1.82) is 0 Å². The molecule has 2 heterocycles. The topological polar surface area (TPSA) is 44.9 Å². The average Bonchev–Trinajstić information content (AvgIpc) is 3.36. The van der Waals surface area contributed by atoms with E-state index in [4.69, 9.17) is 0 Å². The summed E-state index contributed by atoms with van der Waals surface area (Å²) in [5, 5.41) is 4.06. The fourth-order valence-corrected chi connectivity index (χ4v) is 4.91. The van der Waals surface area contributed by atoms with Crippen molar-refractivity contribution in [2.75, 3.05) is 5.32 Å². The van der Waals surface area contributed by atoms with Crippen molar-refractivity contribution in [3.63, 3.8) is 0 Å². The number of benzene rings is 4. The zero-order valence-electron chi connectivity index (χ0n) is 17.4. The van der Waals surface area contributed by atoms with Gasteiger partial charge in [-0.15, -0.1) is 0 Å². The van der Waals surface area contributed by atoms with E-state index in [-0.39, 0.29) is 11.3 Å². The van der Waals surface area contributed by atoms with Crippen molar-refractivity contribution in [1.82, 2.24) is 4.98 Å². The van der Waals surface area contributed by atoms with E-state index in [0.29, 0.717) is 33.5 Å². The van der Waals surface area contributed by atoms with Crippen LogP contribution in [0.15, 0.2) is 97.1 Å². The van der Waals surface area contributed by atoms with E-state index in [9.17, 15) is 4.79 Å². The number of aromatic amines is 1. The predicted octanol–water partition coefficient (Wildman–Crippen LogP) is 6.67. The number of hydrogen-bond acceptors (Lipinski definition) is 2. The van der Waals surface area contributed by atoms with Crippen molar-refractivity contribution in [3.05, 3.63) is 125 Å². The van der Waals surface area contributed by atoms with Gasteiger partial charge in [-0.25, -0.2) is 8.78 Å². The third kappa shape index (κ3) is 2.69. The molecule has 5 heteroatoms. The highest BCUT2D eigenvalue weighted by molar-refractivity contribution is 6.18. The molecular formula is C28H18F2N2O. The first-order valence-electron chi connectivity index (χ1n) is 10.6. The van der Waals surface area contributed by atoms with Crippen molar-refractivity contribution < 1.29 is 13.6 Å². The van der Waals surface area contributed by atoms with Gasteiger partial charge in [0.1, 0.15) is 11.6 Å². The van der Waals surface area contributed by atoms with Crippen LogP contribution in [0.4, 0.5) is 14.5 Å². The number of halogens is 2. The highest BCUT2D eigenvalue weighted by Crippen LogP contribution is 2.50. The molecule has 0 fully saturated rings. The Morgan fingerprint density at radius 2 is 1.30 bits per heavy atom. The molecule has 0 radical (unpaired) electrons. The lowest BCUT2D eigenvalue weighted by Crippen LogP contribution is -2.41. The number of H-pyrrole nitrogens is 1. The number of para-hydroxylation sites is 2. The van der Waals surface area contributed by atoms with Gasteiger partial charge in [0.15, 0.2) is 11.3 Å². The standard InChI is InChI=1S/C28H18F2N2O/c29-21-13-5-1-9-17(21)26-25(18-10-2-7-15-23(18)31-26)28(20-12-4-6-14-22(20)30)27(33)19-11-3-8-16-24(19)32-28/h1-16,31-32H. The molecule has 4 aromatic carbocycles. The minimum absolute atomic E-state index is 0.188. The van der Waals surface area contributed by atoms with Gasteiger partial charge in [0.2, 0.25) is 0 Å². The van der Waals surface area contributed by atoms with E-state index >= 15 is 8.78 Å². The molecule has 160 valence electrons. The van der Waals surface area contributed by atoms with Gasteiger partial charge in [-0.3, -0.25) is 4.79 Å². The van der Waals surface area contributed by atoms with Crippen LogP contribution in [0.1, 0.15) is 21.5 Å². The average molecular weight is 436 g/mol. The maximum Gasteiger partial charge on any atom is 0.199 e. The molecule has 33 heavy (non-hydrogen) atoms. The number of carbonyl (C=O) groups excluding carboxylic acids is 1. The Balaban J connectivity index is 1.78. The number of anilines is 1. The normalized spacial score (nSPS) is 17.2. The molecule has 2 N–H and O–H groups in total. The molecular weight excluding hydrogens is 418 g/mol. The quantitative estimate of drug-likeness (QED) is 0.332. The summed E-state index contributed by atoms with van der Waals surface area (Å²) in [6, 6.07) is 27.2. The number of nitrogens with one attached hydrogen (secondary N) is 2. The third-order valence-corrected chi connectivity index (χ3v) is 6.34. The van der Waals surface area contributed by atoms with Crippen molar-refractivity contribution >= 4 is 22.4 Å². The Morgan fingerprint density at radius 1 is 0.667 bits per heavy atom. The summed E-state index contributed by atoms with van der Waals surface area (Å²) in [7, 11) is 0. The minimum Gasteiger partial charge on any atom is -0.364 e. The van der Waals surface area contributed by atoms with Gasteiger partial charge >= 0.3 is 0 Å². The maximum atomic E-state index is 15.4. The number of carbonyl (C=O) groups is 1. The van der Waals surface area contributed by atoms with Gasteiger partial charge in [0.05, 0.1) is 5.69 Å². The molecule has 1 aliphatic heterocycles. The van der Waals surface area contributed by atoms with Gasteiger partial charge < -0.3 is 10.3 Å². The molecule has 0 bridgehead atoms. The van der Waals surface area contributed by atoms with Crippen LogP contribution < -0.4 is 5.32 Å². The van der Waals surface area contributed by atoms with Crippen molar-refractivity contribution in [3.8, 4) is 11.3 Å². The van der Waals surface area contributed by atoms with Gasteiger partial charge in [0, 0.05) is 38.8 Å². The Labute approximate surface area is 188 Å². The Kier molecular flexibility index (Phi) is 4.20. The van der Waals surface area contributed by atoms with Crippen molar-refractivity contribution in [2.45, 2.75) is 5.54 Å². The summed E-state index contributed by atoms with van der Waals surface area (Å²) >= 11 is 0. The zero-order valence-corrected chi connectivity index (χ0v) is 17.4. The summed E-state index contributed by atoms with van der Waals surface area (Å²) in [4.78, 5) is 17.4. The first-order chi connectivity index (χ1) is 16.1. The van der Waals surface area contributed by atoms with Crippen LogP contribution in [0.2, 0.25) is 0 Å². The second kappa shape index (κ2) is 7.14. The number of Topliss-reactive ketones (excluding diaryl/α,β-unsaturated/α-hetero) is 1. The number of ketones is 1. The summed E-state index contributed by atoms with van der Waals surface area (Å²) in [5.74, 6) is -1.24. The lowest BCUT2D eigenvalue weighted by molar-refractivity contribution is 0.0939. The number of aromatic nitrogens is 1. The molecule has 0 aliphatic carbocycles. The molecule has 0 saturated heterocycles. The number of rotatable bonds is 3. The molecule has 6 rings (SSSR count). The van der Waals surface area contributed by atoms with Crippen LogP contribution in [0, 0.1) is 11.6 Å². The van der Waals surface area contributed by atoms with Gasteiger partial charge in [-0.05, 0) is 36.4 Å². The monoisotopic (exact) mass is 436 g/mol. The van der Waals surface area contributed by atoms with Crippen LogP contribution in [-0.4, -0.2) is 10.8 Å². The maximum absolute atomic E-state index is 15.4. The van der Waals surface area contributed by atoms with Crippen LogP contribution in [0.3, 0.4) is 0 Å². The SMILES string of the molecule is O=C1c2ccccc2NC1(c1ccccc1F)c1c(-c2ccccc2F)[nH]c2ccccc12. The van der Waals surface area contributed by atoms with E-state index in [1.54, 1.807) is 54.6 Å². The zero-order chi connectivity index (χ0) is 22.6. The molecule has 0 spiro atoms. The lowest BCUT2D eigenvalue weighted by Gasteiger charge is -2.31. The van der Waals surface area contributed by atoms with E-state index in [0.717, 1.165) is 5.52 Å². The first-order valence-corrected chi connectivity index (χ1v) is 10.6. The van der Waals surface area contributed by atoms with Crippen LogP contribution >= 0.6 is 0 Å². The molecule has 1 aliphatic rings. The first kappa shape index (κ1) is 19.4. The van der Waals surface area contributed by atoms with Gasteiger partial charge in [-0.1, -0.05) is 60.7 Å². The van der Waals surface area contributed by atoms with E-state index in [2.05, 4.69) is 10.3 Å². The molecule has 3 nitrogen and oxygen atoms in total. The summed E-state index contributed by atoms with van der Waals surface area (Å²) in [6.07, 6.45) is 0. The van der Waals surface area contributed by atoms with Gasteiger partial charge in [-0.2, -0.15) is 0 Å². The summed E-state index contributed by atoms with van der Waals surface area (Å²) in [5.41, 5.74) is 1.65. The molecule has 5 aromatic rings. The summed E-state index contributed by atoms with van der Waals surface area (Å²) in [6.45, 7) is 0. The van der Waals surface area contributed by atoms with Crippen LogP contribution in [-0.2, 0) is 5.54 Å². The highest BCUT2D eigenvalue weighted by Gasteiger charge is 2.52. The predicted molar refractivity (Wildman–Crippen MR) is 125 cm³/mol. The highest BCUT2D eigenvalue weighted by atomic mass is 19.1. The number of fused-ring (bicyclic) bond motifs is 2. The van der Waals surface area contributed by atoms with Gasteiger partial charge in [0.25, 0.3) is 0 Å². The third-order valence-electron chi connectivity index (χ3n) is 6.34. The fraction of sp³-hybridized carbons (Fsp3) is 0.0357. The van der Waals surface area contributed by atoms with E-state index in [1.165, 1.54) is 12.1 Å². The van der Waals surface area contributed by atoms with Crippen molar-refractivity contribution in [2.24, 2.45) is 0 Å². The smallest absolute Gasteiger partial charge is 0.199 e. The second-order valence-corrected chi connectivity index (χ2v) is 8.13. The molecule has 0 amide bonds. The minimum atomic E-state index is -1.58. The Morgan fingerprint density at radius 3 is 2.06 bits per heavy atom. The second-order valence-electron chi connectivity index (χ2n) is 8.13. The molecule has 1 atom stereocenters. The van der Waals surface area contributed by atoms with Crippen LogP contribution in [0.25, 0.3) is 22.2 Å². The number of hydrogen-bond donors (Lipinski definition) is 2. The lowest BCUT2D eigenvalue weighted by atomic mass is 9.77. The largest absolute Gasteiger partial charge is 0.364 e. The van der Waals surface area contributed by atoms with E-state index in [1.807, 2.05) is 30.3 Å². The summed E-state index contributed by atoms with van der Waals surface area (Å²) < 4.78 is 30.4. The molecule has 1 aromatic heterocycles. The molecule has 1 unspecified atom stereocenters. The Hall–Kier alpha value is -4.25. The Bertz CT molecular complexity index is 1550. The van der Waals surface area contributed by atoms with Crippen LogP contribution in [0.5, 0.6) is 0 Å².